The van der Waals surface area contributed by atoms with E-state index in [0.29, 0.717) is 18.0 Å². The van der Waals surface area contributed by atoms with Crippen molar-refractivity contribution in [3.63, 3.8) is 0 Å². The predicted octanol–water partition coefficient (Wildman–Crippen LogP) is 4.39. The van der Waals surface area contributed by atoms with Crippen molar-refractivity contribution in [1.82, 2.24) is 0 Å². The Balaban J connectivity index is 1.77. The van der Waals surface area contributed by atoms with Crippen LogP contribution < -0.4 is 9.04 Å². The number of nitrogens with zero attached hydrogens (tertiary/aromatic N) is 2. The molecule has 0 unspecified atom stereocenters. The van der Waals surface area contributed by atoms with Crippen LogP contribution in [0, 0.1) is 10.1 Å². The lowest BCUT2D eigenvalue weighted by molar-refractivity contribution is -0.384. The molecule has 29 heavy (non-hydrogen) atoms. The highest BCUT2D eigenvalue weighted by Crippen LogP contribution is 2.27. The van der Waals surface area contributed by atoms with E-state index >= 15 is 0 Å². The van der Waals surface area contributed by atoms with E-state index in [-0.39, 0.29) is 17.1 Å². The van der Waals surface area contributed by atoms with Gasteiger partial charge in [0.15, 0.2) is 0 Å². The minimum atomic E-state index is -3.84. The Bertz CT molecular complexity index is 1070. The average molecular weight is 412 g/mol. The third-order valence-electron chi connectivity index (χ3n) is 4.30. The van der Waals surface area contributed by atoms with Gasteiger partial charge in [-0.2, -0.15) is 0 Å². The third-order valence-corrected chi connectivity index (χ3v) is 6.21. The molecule has 0 atom stereocenters. The number of hydrogen-bond acceptors (Lipinski definition) is 5. The summed E-state index contributed by atoms with van der Waals surface area (Å²) in [5, 5.41) is 10.8. The summed E-state index contributed by atoms with van der Waals surface area (Å²) in [6, 6.07) is 21.4. The Hall–Kier alpha value is -3.39. The van der Waals surface area contributed by atoms with Crippen LogP contribution in [-0.2, 0) is 16.6 Å². The molecule has 3 aromatic carbocycles. The number of hydrogen-bond donors (Lipinski definition) is 0. The molecule has 150 valence electrons. The quantitative estimate of drug-likeness (QED) is 0.404. The first-order valence-corrected chi connectivity index (χ1v) is 10.4. The number of rotatable bonds is 8. The van der Waals surface area contributed by atoms with Gasteiger partial charge in [0.25, 0.3) is 15.7 Å². The lowest BCUT2D eigenvalue weighted by Gasteiger charge is -2.23. The molecule has 0 N–H and O–H groups in total. The van der Waals surface area contributed by atoms with E-state index in [2.05, 4.69) is 0 Å². The maximum atomic E-state index is 13.0. The zero-order valence-electron chi connectivity index (χ0n) is 15.8. The number of benzene rings is 3. The van der Waals surface area contributed by atoms with E-state index in [0.717, 1.165) is 5.56 Å². The molecule has 0 aliphatic carbocycles. The lowest BCUT2D eigenvalue weighted by Crippen LogP contribution is -2.30. The lowest BCUT2D eigenvalue weighted by atomic mass is 10.2. The third kappa shape index (κ3) is 4.72. The fourth-order valence-electron chi connectivity index (χ4n) is 2.81. The molecule has 3 aromatic rings. The molecular formula is C21H20N2O5S. The second-order valence-corrected chi connectivity index (χ2v) is 8.05. The van der Waals surface area contributed by atoms with Crippen molar-refractivity contribution in [3.8, 4) is 5.75 Å². The summed E-state index contributed by atoms with van der Waals surface area (Å²) in [6.07, 6.45) is 0. The van der Waals surface area contributed by atoms with E-state index < -0.39 is 14.9 Å². The van der Waals surface area contributed by atoms with Crippen molar-refractivity contribution in [2.45, 2.75) is 18.4 Å². The van der Waals surface area contributed by atoms with Gasteiger partial charge < -0.3 is 4.74 Å². The van der Waals surface area contributed by atoms with Crippen molar-refractivity contribution in [2.24, 2.45) is 0 Å². The van der Waals surface area contributed by atoms with E-state index in [1.54, 1.807) is 31.2 Å². The second-order valence-electron chi connectivity index (χ2n) is 6.19. The fourth-order valence-corrected chi connectivity index (χ4v) is 4.28. The van der Waals surface area contributed by atoms with Gasteiger partial charge in [0.05, 0.1) is 15.5 Å². The van der Waals surface area contributed by atoms with Gasteiger partial charge in [0, 0.05) is 18.7 Å². The number of nitro benzene ring substituents is 1. The predicted molar refractivity (Wildman–Crippen MR) is 111 cm³/mol. The van der Waals surface area contributed by atoms with Crippen LogP contribution in [0.2, 0.25) is 0 Å². The molecule has 0 saturated heterocycles. The molecule has 0 spiro atoms. The molecule has 0 saturated carbocycles. The highest BCUT2D eigenvalue weighted by molar-refractivity contribution is 7.92. The molecular weight excluding hydrogens is 392 g/mol. The molecule has 0 fully saturated rings. The summed E-state index contributed by atoms with van der Waals surface area (Å²) in [4.78, 5) is 10.2. The van der Waals surface area contributed by atoms with Gasteiger partial charge in [-0.3, -0.25) is 14.4 Å². The summed E-state index contributed by atoms with van der Waals surface area (Å²) in [5.74, 6) is 0.626. The number of ether oxygens (including phenoxy) is 1. The first-order valence-electron chi connectivity index (χ1n) is 8.96. The van der Waals surface area contributed by atoms with Crippen LogP contribution in [0.25, 0.3) is 0 Å². The van der Waals surface area contributed by atoms with Gasteiger partial charge in [-0.05, 0) is 48.9 Å². The zero-order chi connectivity index (χ0) is 20.9. The van der Waals surface area contributed by atoms with Crippen molar-refractivity contribution in [1.29, 1.82) is 0 Å². The van der Waals surface area contributed by atoms with Gasteiger partial charge in [-0.15, -0.1) is 0 Å². The number of anilines is 1. The Morgan fingerprint density at radius 3 is 2.10 bits per heavy atom. The summed E-state index contributed by atoms with van der Waals surface area (Å²) in [5.41, 5.74) is 1.36. The molecule has 0 aromatic heterocycles. The zero-order valence-corrected chi connectivity index (χ0v) is 16.6. The minimum absolute atomic E-state index is 0.00523. The van der Waals surface area contributed by atoms with E-state index in [9.17, 15) is 18.5 Å². The monoisotopic (exact) mass is 412 g/mol. The van der Waals surface area contributed by atoms with E-state index in [4.69, 9.17) is 4.74 Å². The summed E-state index contributed by atoms with van der Waals surface area (Å²) < 4.78 is 32.9. The van der Waals surface area contributed by atoms with Crippen LogP contribution in [0.4, 0.5) is 11.4 Å². The van der Waals surface area contributed by atoms with Crippen LogP contribution in [0.15, 0.2) is 83.8 Å². The molecule has 0 amide bonds. The van der Waals surface area contributed by atoms with Crippen LogP contribution in [0.5, 0.6) is 5.75 Å². The van der Waals surface area contributed by atoms with Crippen molar-refractivity contribution < 1.29 is 18.1 Å². The molecule has 8 heteroatoms. The first kappa shape index (κ1) is 20.3. The Kier molecular flexibility index (Phi) is 6.13. The van der Waals surface area contributed by atoms with Crippen LogP contribution in [0.1, 0.15) is 12.5 Å². The SMILES string of the molecule is CCN(c1ccc(OCc2ccccc2)cc1)S(=O)(=O)c1ccc([N+](=O)[O-])cc1. The van der Waals surface area contributed by atoms with Crippen LogP contribution in [-0.4, -0.2) is 19.9 Å². The molecule has 0 aliphatic rings. The normalized spacial score (nSPS) is 11.1. The Labute approximate surface area is 169 Å². The van der Waals surface area contributed by atoms with E-state index in [1.165, 1.54) is 28.6 Å². The number of sulfonamides is 1. The first-order chi connectivity index (χ1) is 13.9. The van der Waals surface area contributed by atoms with Crippen LogP contribution in [0.3, 0.4) is 0 Å². The smallest absolute Gasteiger partial charge is 0.269 e. The summed E-state index contributed by atoms with van der Waals surface area (Å²) in [6.45, 7) is 2.35. The Morgan fingerprint density at radius 2 is 1.55 bits per heavy atom. The fraction of sp³-hybridized carbons (Fsp3) is 0.143. The van der Waals surface area contributed by atoms with E-state index in [1.807, 2.05) is 30.3 Å². The molecule has 3 rings (SSSR count). The van der Waals surface area contributed by atoms with Gasteiger partial charge in [0.2, 0.25) is 0 Å². The van der Waals surface area contributed by atoms with Crippen molar-refractivity contribution >= 4 is 21.4 Å². The molecule has 0 bridgehead atoms. The molecule has 0 heterocycles. The largest absolute Gasteiger partial charge is 0.489 e. The van der Waals surface area contributed by atoms with Crippen molar-refractivity contribution in [2.75, 3.05) is 10.8 Å². The van der Waals surface area contributed by atoms with Crippen LogP contribution >= 0.6 is 0 Å². The molecule has 0 radical (unpaired) electrons. The van der Waals surface area contributed by atoms with Crippen molar-refractivity contribution in [3.05, 3.63) is 94.5 Å². The molecule has 7 nitrogen and oxygen atoms in total. The standard InChI is InChI=1S/C21H20N2O5S/c1-2-22(29(26,27)21-14-10-19(11-15-21)23(24)25)18-8-12-20(13-9-18)28-16-17-6-4-3-5-7-17/h3-15H,2,16H2,1H3. The second kappa shape index (κ2) is 8.74. The van der Waals surface area contributed by atoms with Gasteiger partial charge in [0.1, 0.15) is 12.4 Å². The maximum Gasteiger partial charge on any atom is 0.269 e. The van der Waals surface area contributed by atoms with Gasteiger partial charge in [-0.25, -0.2) is 8.42 Å². The highest BCUT2D eigenvalue weighted by atomic mass is 32.2. The Morgan fingerprint density at radius 1 is 0.931 bits per heavy atom. The average Bonchev–Trinajstić information content (AvgIpc) is 2.74. The van der Waals surface area contributed by atoms with Gasteiger partial charge in [-0.1, -0.05) is 30.3 Å². The summed E-state index contributed by atoms with van der Waals surface area (Å²) >= 11 is 0. The highest BCUT2D eigenvalue weighted by Gasteiger charge is 2.24. The number of non-ortho nitro benzene ring substituents is 1. The topological polar surface area (TPSA) is 89.8 Å². The minimum Gasteiger partial charge on any atom is -0.489 e. The molecule has 0 aliphatic heterocycles. The summed E-state index contributed by atoms with van der Waals surface area (Å²) in [7, 11) is -3.84. The maximum absolute atomic E-state index is 13.0. The van der Waals surface area contributed by atoms with Gasteiger partial charge >= 0.3 is 0 Å². The number of nitro groups is 1.